The Bertz CT molecular complexity index is 553. The van der Waals surface area contributed by atoms with E-state index < -0.39 is 17.4 Å². The van der Waals surface area contributed by atoms with E-state index in [4.69, 9.17) is 19.3 Å². The minimum Gasteiger partial charge on any atom is -0.493 e. The molecule has 0 aromatic heterocycles. The van der Waals surface area contributed by atoms with E-state index >= 15 is 0 Å². The first kappa shape index (κ1) is 16.6. The number of nitrogens with one attached hydrogen (secondary N) is 1. The number of carbonyl (C=O) groups is 2. The second-order valence-corrected chi connectivity index (χ2v) is 4.77. The first-order valence-electron chi connectivity index (χ1n) is 6.13. The highest BCUT2D eigenvalue weighted by molar-refractivity contribution is 6.00. The molecule has 7 heteroatoms. The van der Waals surface area contributed by atoms with Gasteiger partial charge in [-0.3, -0.25) is 4.79 Å². The standard InChI is InChI=1S/C14H19NO6/c1-14(2,13(17)18)15-12(16)8-6-7-9(19-3)11(21-5)10(8)20-4/h6-7H,1-5H3,(H,15,16)(H,17,18). The summed E-state index contributed by atoms with van der Waals surface area (Å²) in [6.07, 6.45) is 0. The summed E-state index contributed by atoms with van der Waals surface area (Å²) in [7, 11) is 4.27. The lowest BCUT2D eigenvalue weighted by Crippen LogP contribution is -2.49. The van der Waals surface area contributed by atoms with Crippen LogP contribution in [-0.2, 0) is 4.79 Å². The zero-order valence-electron chi connectivity index (χ0n) is 12.6. The molecular formula is C14H19NO6. The molecule has 0 saturated carbocycles. The van der Waals surface area contributed by atoms with Crippen LogP contribution in [0.15, 0.2) is 12.1 Å². The average Bonchev–Trinajstić information content (AvgIpc) is 2.44. The predicted molar refractivity (Wildman–Crippen MR) is 75.3 cm³/mol. The topological polar surface area (TPSA) is 94.1 Å². The number of amides is 1. The molecule has 1 aromatic carbocycles. The first-order valence-corrected chi connectivity index (χ1v) is 6.13. The lowest BCUT2D eigenvalue weighted by molar-refractivity contribution is -0.143. The molecule has 0 aliphatic heterocycles. The van der Waals surface area contributed by atoms with Crippen molar-refractivity contribution in [1.82, 2.24) is 5.32 Å². The van der Waals surface area contributed by atoms with Gasteiger partial charge >= 0.3 is 5.97 Å². The molecule has 0 unspecified atom stereocenters. The van der Waals surface area contributed by atoms with E-state index in [1.165, 1.54) is 41.2 Å². The molecule has 0 aliphatic carbocycles. The van der Waals surface area contributed by atoms with Crippen molar-refractivity contribution in [2.45, 2.75) is 19.4 Å². The minimum atomic E-state index is -1.41. The molecule has 0 saturated heterocycles. The van der Waals surface area contributed by atoms with Crippen LogP contribution in [0.3, 0.4) is 0 Å². The van der Waals surface area contributed by atoms with Gasteiger partial charge in [0.2, 0.25) is 5.75 Å². The molecule has 0 atom stereocenters. The maximum atomic E-state index is 12.3. The number of carboxylic acids is 1. The van der Waals surface area contributed by atoms with Gasteiger partial charge in [-0.05, 0) is 26.0 Å². The molecule has 0 aliphatic rings. The second-order valence-electron chi connectivity index (χ2n) is 4.77. The number of carboxylic acid groups (broad SMARTS) is 1. The summed E-state index contributed by atoms with van der Waals surface area (Å²) in [5, 5.41) is 11.5. The normalized spacial score (nSPS) is 10.7. The number of rotatable bonds is 6. The van der Waals surface area contributed by atoms with Crippen LogP contribution in [0.25, 0.3) is 0 Å². The Kier molecular flexibility index (Phi) is 5.02. The molecule has 0 spiro atoms. The number of ether oxygens (including phenoxy) is 3. The van der Waals surface area contributed by atoms with Gasteiger partial charge in [-0.1, -0.05) is 0 Å². The van der Waals surface area contributed by atoms with Crippen LogP contribution >= 0.6 is 0 Å². The molecule has 116 valence electrons. The smallest absolute Gasteiger partial charge is 0.328 e. The van der Waals surface area contributed by atoms with E-state index in [0.29, 0.717) is 5.75 Å². The Morgan fingerprint density at radius 2 is 1.62 bits per heavy atom. The number of methoxy groups -OCH3 is 3. The van der Waals surface area contributed by atoms with E-state index in [1.807, 2.05) is 0 Å². The van der Waals surface area contributed by atoms with E-state index in [-0.39, 0.29) is 17.1 Å². The van der Waals surface area contributed by atoms with Gasteiger partial charge in [0.15, 0.2) is 11.5 Å². The fourth-order valence-electron chi connectivity index (χ4n) is 1.68. The highest BCUT2D eigenvalue weighted by atomic mass is 16.5. The van der Waals surface area contributed by atoms with Gasteiger partial charge in [-0.25, -0.2) is 4.79 Å². The molecule has 2 N–H and O–H groups in total. The van der Waals surface area contributed by atoms with Crippen LogP contribution < -0.4 is 19.5 Å². The van der Waals surface area contributed by atoms with Gasteiger partial charge < -0.3 is 24.6 Å². The van der Waals surface area contributed by atoms with Crippen molar-refractivity contribution in [1.29, 1.82) is 0 Å². The molecule has 1 aromatic rings. The Labute approximate surface area is 122 Å². The van der Waals surface area contributed by atoms with E-state index in [9.17, 15) is 9.59 Å². The van der Waals surface area contributed by atoms with Gasteiger partial charge in [-0.2, -0.15) is 0 Å². The monoisotopic (exact) mass is 297 g/mol. The Balaban J connectivity index is 3.25. The Hall–Kier alpha value is -2.44. The van der Waals surface area contributed by atoms with E-state index in [1.54, 1.807) is 6.07 Å². The second kappa shape index (κ2) is 6.34. The number of hydrogen-bond acceptors (Lipinski definition) is 5. The van der Waals surface area contributed by atoms with Crippen molar-refractivity contribution in [2.24, 2.45) is 0 Å². The fraction of sp³-hybridized carbons (Fsp3) is 0.429. The molecule has 1 amide bonds. The van der Waals surface area contributed by atoms with Crippen LogP contribution in [0.2, 0.25) is 0 Å². The van der Waals surface area contributed by atoms with Gasteiger partial charge in [-0.15, -0.1) is 0 Å². The number of hydrogen-bond donors (Lipinski definition) is 2. The minimum absolute atomic E-state index is 0.157. The number of benzene rings is 1. The molecule has 0 heterocycles. The largest absolute Gasteiger partial charge is 0.493 e. The van der Waals surface area contributed by atoms with Crippen LogP contribution in [-0.4, -0.2) is 43.9 Å². The van der Waals surface area contributed by atoms with E-state index in [2.05, 4.69) is 5.32 Å². The summed E-state index contributed by atoms with van der Waals surface area (Å²) in [6, 6.07) is 3.03. The Morgan fingerprint density at radius 1 is 1.05 bits per heavy atom. The lowest BCUT2D eigenvalue weighted by Gasteiger charge is -2.22. The van der Waals surface area contributed by atoms with Crippen LogP contribution in [0.5, 0.6) is 17.2 Å². The van der Waals surface area contributed by atoms with Crippen molar-refractivity contribution in [3.05, 3.63) is 17.7 Å². The number of carbonyl (C=O) groups excluding carboxylic acids is 1. The molecule has 1 rings (SSSR count). The van der Waals surface area contributed by atoms with Gasteiger partial charge in [0, 0.05) is 0 Å². The maximum absolute atomic E-state index is 12.3. The third kappa shape index (κ3) is 3.36. The first-order chi connectivity index (χ1) is 9.78. The van der Waals surface area contributed by atoms with Crippen molar-refractivity contribution in [3.63, 3.8) is 0 Å². The quantitative estimate of drug-likeness (QED) is 0.822. The summed E-state index contributed by atoms with van der Waals surface area (Å²) in [4.78, 5) is 23.3. The fourth-order valence-corrected chi connectivity index (χ4v) is 1.68. The summed E-state index contributed by atoms with van der Waals surface area (Å²) in [5.41, 5.74) is -1.25. The third-order valence-electron chi connectivity index (χ3n) is 2.91. The highest BCUT2D eigenvalue weighted by Gasteiger charge is 2.31. The van der Waals surface area contributed by atoms with Gasteiger partial charge in [0.1, 0.15) is 5.54 Å². The lowest BCUT2D eigenvalue weighted by atomic mass is 10.0. The maximum Gasteiger partial charge on any atom is 0.328 e. The van der Waals surface area contributed by atoms with Crippen molar-refractivity contribution >= 4 is 11.9 Å². The summed E-state index contributed by atoms with van der Waals surface area (Å²) < 4.78 is 15.5. The molecule has 0 bridgehead atoms. The third-order valence-corrected chi connectivity index (χ3v) is 2.91. The Morgan fingerprint density at radius 3 is 2.05 bits per heavy atom. The van der Waals surface area contributed by atoms with E-state index in [0.717, 1.165) is 0 Å². The van der Waals surface area contributed by atoms with Crippen LogP contribution in [0.4, 0.5) is 0 Å². The van der Waals surface area contributed by atoms with Gasteiger partial charge in [0.05, 0.1) is 26.9 Å². The van der Waals surface area contributed by atoms with Gasteiger partial charge in [0.25, 0.3) is 5.91 Å². The predicted octanol–water partition coefficient (Wildman–Crippen LogP) is 1.31. The molecular weight excluding hydrogens is 278 g/mol. The van der Waals surface area contributed by atoms with Crippen molar-refractivity contribution < 1.29 is 28.9 Å². The SMILES string of the molecule is COc1ccc(C(=O)NC(C)(C)C(=O)O)c(OC)c1OC. The molecule has 21 heavy (non-hydrogen) atoms. The molecule has 0 fully saturated rings. The summed E-state index contributed by atoms with van der Waals surface area (Å²) in [5.74, 6) is -0.879. The van der Waals surface area contributed by atoms with Crippen LogP contribution in [0.1, 0.15) is 24.2 Å². The van der Waals surface area contributed by atoms with Crippen molar-refractivity contribution in [3.8, 4) is 17.2 Å². The summed E-state index contributed by atoms with van der Waals surface area (Å²) in [6.45, 7) is 2.78. The zero-order chi connectivity index (χ0) is 16.2. The molecule has 7 nitrogen and oxygen atoms in total. The highest BCUT2D eigenvalue weighted by Crippen LogP contribution is 2.39. The zero-order valence-corrected chi connectivity index (χ0v) is 12.6. The number of aliphatic carboxylic acids is 1. The van der Waals surface area contributed by atoms with Crippen LogP contribution in [0, 0.1) is 0 Å². The van der Waals surface area contributed by atoms with Crippen molar-refractivity contribution in [2.75, 3.05) is 21.3 Å². The molecule has 0 radical (unpaired) electrons. The average molecular weight is 297 g/mol. The summed E-state index contributed by atoms with van der Waals surface area (Å²) >= 11 is 0.